The van der Waals surface area contributed by atoms with Gasteiger partial charge in [0.05, 0.1) is 17.2 Å². The Morgan fingerprint density at radius 2 is 1.91 bits per heavy atom. The van der Waals surface area contributed by atoms with Gasteiger partial charge in [-0.1, -0.05) is 6.07 Å². The van der Waals surface area contributed by atoms with Gasteiger partial charge >= 0.3 is 11.9 Å². The molecule has 0 aromatic heterocycles. The molecule has 0 saturated carbocycles. The van der Waals surface area contributed by atoms with Crippen molar-refractivity contribution in [3.05, 3.63) is 69.0 Å². The van der Waals surface area contributed by atoms with Crippen LogP contribution in [0.15, 0.2) is 24.3 Å². The number of ether oxygens (including phenoxy) is 1. The Bertz CT molecular complexity index is 1190. The van der Waals surface area contributed by atoms with Gasteiger partial charge in [0.1, 0.15) is 12.0 Å². The Kier molecular flexibility index (Phi) is 5.19. The molecule has 3 atom stereocenters. The molecule has 0 unspecified atom stereocenters. The minimum Gasteiger partial charge on any atom is -0.478 e. The Morgan fingerprint density at radius 1 is 1.19 bits per heavy atom. The number of carboxylic acids is 1. The molecule has 2 aliphatic rings. The third-order valence-corrected chi connectivity index (χ3v) is 6.03. The number of alkyl halides is 3. The van der Waals surface area contributed by atoms with E-state index in [1.807, 2.05) is 6.07 Å². The van der Waals surface area contributed by atoms with Crippen molar-refractivity contribution in [2.75, 3.05) is 0 Å². The molecule has 1 N–H and O–H groups in total. The molecular formula is C23H17F4NO4. The lowest BCUT2D eigenvalue weighted by Crippen LogP contribution is -2.26. The van der Waals surface area contributed by atoms with Crippen LogP contribution in [-0.2, 0) is 16.0 Å². The summed E-state index contributed by atoms with van der Waals surface area (Å²) >= 11 is 0. The molecule has 2 aliphatic carbocycles. The first-order chi connectivity index (χ1) is 15.0. The fourth-order valence-corrected chi connectivity index (χ4v) is 4.85. The predicted molar refractivity (Wildman–Crippen MR) is 103 cm³/mol. The minimum atomic E-state index is -3.56. The van der Waals surface area contributed by atoms with Crippen molar-refractivity contribution in [2.45, 2.75) is 50.3 Å². The summed E-state index contributed by atoms with van der Waals surface area (Å²) in [5, 5.41) is 19.1. The number of rotatable bonds is 3. The van der Waals surface area contributed by atoms with Crippen molar-refractivity contribution in [3.63, 3.8) is 0 Å². The maximum absolute atomic E-state index is 14.9. The predicted octanol–water partition coefficient (Wildman–Crippen LogP) is 5.13. The number of aromatic carboxylic acids is 1. The van der Waals surface area contributed by atoms with E-state index >= 15 is 0 Å². The Balaban J connectivity index is 1.97. The lowest BCUT2D eigenvalue weighted by Gasteiger charge is -2.30. The smallest absolute Gasteiger partial charge is 0.336 e. The highest BCUT2D eigenvalue weighted by Crippen LogP contribution is 2.52. The molecule has 166 valence electrons. The molecule has 4 rings (SSSR count). The highest BCUT2D eigenvalue weighted by molar-refractivity contribution is 5.91. The number of benzene rings is 2. The van der Waals surface area contributed by atoms with E-state index < -0.39 is 53.9 Å². The Hall–Kier alpha value is -3.41. The number of carboxylic acid groups (broad SMARTS) is 1. The summed E-state index contributed by atoms with van der Waals surface area (Å²) in [5.74, 6) is -7.52. The standard InChI is InChI=1S/C23H17F4NO4/c1-10(29)32-21-20-15(22(30)31)3-2-13(17(20)8-23(21,26)27)14-4-5-18(25)16-7-12(24)6-11(9-28)19(14)16/h2-3,6-7,14,18,21H,4-5,8H2,1H3,(H,30,31)/t14-,18+,21+/m1/s1. The van der Waals surface area contributed by atoms with Crippen molar-refractivity contribution in [1.82, 2.24) is 0 Å². The Labute approximate surface area is 180 Å². The molecule has 32 heavy (non-hydrogen) atoms. The number of carbonyl (C=O) groups excluding carboxylic acids is 1. The number of carbonyl (C=O) groups is 2. The van der Waals surface area contributed by atoms with Crippen LogP contribution < -0.4 is 0 Å². The molecule has 0 amide bonds. The number of hydrogen-bond donors (Lipinski definition) is 1. The number of fused-ring (bicyclic) bond motifs is 2. The van der Waals surface area contributed by atoms with Gasteiger partial charge in [-0.15, -0.1) is 0 Å². The fraction of sp³-hybridized carbons (Fsp3) is 0.348. The Morgan fingerprint density at radius 3 is 2.53 bits per heavy atom. The number of hydrogen-bond acceptors (Lipinski definition) is 4. The first kappa shape index (κ1) is 21.8. The van der Waals surface area contributed by atoms with Gasteiger partial charge in [-0.3, -0.25) is 4.79 Å². The fourth-order valence-electron chi connectivity index (χ4n) is 4.85. The first-order valence-electron chi connectivity index (χ1n) is 9.86. The average molecular weight is 447 g/mol. The lowest BCUT2D eigenvalue weighted by molar-refractivity contribution is -0.168. The van der Waals surface area contributed by atoms with Crippen molar-refractivity contribution in [1.29, 1.82) is 5.26 Å². The van der Waals surface area contributed by atoms with E-state index in [4.69, 9.17) is 4.74 Å². The first-order valence-corrected chi connectivity index (χ1v) is 9.86. The molecular weight excluding hydrogens is 430 g/mol. The van der Waals surface area contributed by atoms with Crippen LogP contribution in [0, 0.1) is 17.1 Å². The van der Waals surface area contributed by atoms with E-state index in [9.17, 15) is 37.5 Å². The van der Waals surface area contributed by atoms with Gasteiger partial charge in [0.25, 0.3) is 5.92 Å². The summed E-state index contributed by atoms with van der Waals surface area (Å²) in [6.45, 7) is 0.949. The van der Waals surface area contributed by atoms with Crippen LogP contribution in [0.25, 0.3) is 0 Å². The number of halogens is 4. The van der Waals surface area contributed by atoms with Gasteiger partial charge in [0.2, 0.25) is 0 Å². The number of nitriles is 1. The van der Waals surface area contributed by atoms with E-state index in [1.54, 1.807) is 0 Å². The van der Waals surface area contributed by atoms with E-state index in [1.165, 1.54) is 6.07 Å². The average Bonchev–Trinajstić information content (AvgIpc) is 2.97. The summed E-state index contributed by atoms with van der Waals surface area (Å²) in [4.78, 5) is 23.2. The minimum absolute atomic E-state index is 0.0115. The van der Waals surface area contributed by atoms with Crippen molar-refractivity contribution in [2.24, 2.45) is 0 Å². The molecule has 2 aromatic rings. The van der Waals surface area contributed by atoms with Gasteiger partial charge in [-0.05, 0) is 53.3 Å². The molecule has 9 heteroatoms. The SMILES string of the molecule is CC(=O)O[C@H]1c2c(C(=O)O)ccc([C@H]3CC[C@H](F)c4cc(F)cc(C#N)c43)c2CC1(F)F. The highest BCUT2D eigenvalue weighted by Gasteiger charge is 2.53. The van der Waals surface area contributed by atoms with Gasteiger partial charge in [0, 0.05) is 24.8 Å². The quantitative estimate of drug-likeness (QED) is 0.521. The molecule has 0 fully saturated rings. The summed E-state index contributed by atoms with van der Waals surface area (Å²) < 4.78 is 63.1. The summed E-state index contributed by atoms with van der Waals surface area (Å²) in [6.07, 6.45) is -4.36. The summed E-state index contributed by atoms with van der Waals surface area (Å²) in [7, 11) is 0. The molecule has 0 radical (unpaired) electrons. The molecule has 0 aliphatic heterocycles. The van der Waals surface area contributed by atoms with Crippen LogP contribution in [0.5, 0.6) is 0 Å². The molecule has 5 nitrogen and oxygen atoms in total. The van der Waals surface area contributed by atoms with Gasteiger partial charge in [-0.2, -0.15) is 5.26 Å². The van der Waals surface area contributed by atoms with Crippen molar-refractivity contribution in [3.8, 4) is 6.07 Å². The van der Waals surface area contributed by atoms with Gasteiger partial charge in [-0.25, -0.2) is 22.4 Å². The largest absolute Gasteiger partial charge is 0.478 e. The summed E-state index contributed by atoms with van der Waals surface area (Å²) in [6, 6.07) is 6.32. The molecule has 0 bridgehead atoms. The molecule has 0 heterocycles. The van der Waals surface area contributed by atoms with E-state index in [0.717, 1.165) is 25.1 Å². The van der Waals surface area contributed by atoms with Crippen LogP contribution in [-0.4, -0.2) is 23.0 Å². The van der Waals surface area contributed by atoms with Gasteiger partial charge < -0.3 is 9.84 Å². The monoisotopic (exact) mass is 447 g/mol. The molecule has 0 spiro atoms. The van der Waals surface area contributed by atoms with Gasteiger partial charge in [0.15, 0.2) is 6.10 Å². The highest BCUT2D eigenvalue weighted by atomic mass is 19.3. The zero-order valence-electron chi connectivity index (χ0n) is 16.8. The molecule has 2 aromatic carbocycles. The van der Waals surface area contributed by atoms with Crippen molar-refractivity contribution >= 4 is 11.9 Å². The van der Waals surface area contributed by atoms with Crippen LogP contribution >= 0.6 is 0 Å². The second-order valence-electron chi connectivity index (χ2n) is 7.99. The second-order valence-corrected chi connectivity index (χ2v) is 7.99. The van der Waals surface area contributed by atoms with Crippen LogP contribution in [0.4, 0.5) is 17.6 Å². The van der Waals surface area contributed by atoms with Crippen molar-refractivity contribution < 1.29 is 37.0 Å². The lowest BCUT2D eigenvalue weighted by atomic mass is 9.74. The topological polar surface area (TPSA) is 87.4 Å². The van der Waals surface area contributed by atoms with Crippen LogP contribution in [0.1, 0.15) is 81.7 Å². The third kappa shape index (κ3) is 3.40. The van der Waals surface area contributed by atoms with Crippen LogP contribution in [0.2, 0.25) is 0 Å². The van der Waals surface area contributed by atoms with E-state index in [0.29, 0.717) is 0 Å². The summed E-state index contributed by atoms with van der Waals surface area (Å²) in [5.41, 5.74) is -0.374. The zero-order valence-corrected chi connectivity index (χ0v) is 16.8. The number of nitrogens with zero attached hydrogens (tertiary/aromatic N) is 1. The normalized spacial score (nSPS) is 23.1. The molecule has 0 saturated heterocycles. The number of esters is 1. The third-order valence-electron chi connectivity index (χ3n) is 6.03. The van der Waals surface area contributed by atoms with E-state index in [-0.39, 0.29) is 46.2 Å². The maximum Gasteiger partial charge on any atom is 0.336 e. The zero-order chi connectivity index (χ0) is 23.4. The maximum atomic E-state index is 14.9. The van der Waals surface area contributed by atoms with Crippen LogP contribution in [0.3, 0.4) is 0 Å². The van der Waals surface area contributed by atoms with E-state index in [2.05, 4.69) is 0 Å². The second kappa shape index (κ2) is 7.62.